The average molecular weight is 242 g/mol. The van der Waals surface area contributed by atoms with Crippen LogP contribution < -0.4 is 0 Å². The van der Waals surface area contributed by atoms with Crippen LogP contribution >= 0.6 is 0 Å². The minimum absolute atomic E-state index is 0.353. The van der Waals surface area contributed by atoms with Gasteiger partial charge in [-0.2, -0.15) is 0 Å². The maximum Gasteiger partial charge on any atom is 0.0829 e. The number of hydrogen-bond acceptors (Lipinski definition) is 4. The standard InChI is InChI=1S/C13H26N2O2/c1-3-14-8-9-17-12(10-14)11-15-6-4-13(2,16)5-7-15/h12,16H,3-11H2,1-2H3. The third-order valence-electron chi connectivity index (χ3n) is 4.07. The van der Waals surface area contributed by atoms with Gasteiger partial charge in [-0.3, -0.25) is 4.90 Å². The molecule has 4 heteroatoms. The van der Waals surface area contributed by atoms with Crippen LogP contribution in [0.2, 0.25) is 0 Å². The molecule has 0 aliphatic carbocycles. The van der Waals surface area contributed by atoms with E-state index in [0.717, 1.165) is 58.7 Å². The van der Waals surface area contributed by atoms with Gasteiger partial charge in [-0.15, -0.1) is 0 Å². The molecule has 2 saturated heterocycles. The quantitative estimate of drug-likeness (QED) is 0.784. The molecule has 0 spiro atoms. The number of likely N-dealkylation sites (tertiary alicyclic amines) is 1. The first-order valence-electron chi connectivity index (χ1n) is 6.88. The molecule has 0 aromatic carbocycles. The van der Waals surface area contributed by atoms with E-state index in [2.05, 4.69) is 16.7 Å². The van der Waals surface area contributed by atoms with E-state index in [4.69, 9.17) is 4.74 Å². The van der Waals surface area contributed by atoms with Crippen molar-refractivity contribution in [3.8, 4) is 0 Å². The summed E-state index contributed by atoms with van der Waals surface area (Å²) < 4.78 is 5.82. The molecule has 0 bridgehead atoms. The van der Waals surface area contributed by atoms with Crippen LogP contribution in [-0.2, 0) is 4.74 Å². The van der Waals surface area contributed by atoms with Gasteiger partial charge in [-0.1, -0.05) is 6.92 Å². The van der Waals surface area contributed by atoms with E-state index in [1.165, 1.54) is 0 Å². The van der Waals surface area contributed by atoms with Crippen molar-refractivity contribution in [2.45, 2.75) is 38.4 Å². The lowest BCUT2D eigenvalue weighted by molar-refractivity contribution is -0.0595. The van der Waals surface area contributed by atoms with Gasteiger partial charge in [-0.05, 0) is 26.3 Å². The fourth-order valence-electron chi connectivity index (χ4n) is 2.68. The zero-order valence-corrected chi connectivity index (χ0v) is 11.2. The second-order valence-electron chi connectivity index (χ2n) is 5.68. The van der Waals surface area contributed by atoms with Crippen molar-refractivity contribution < 1.29 is 9.84 Å². The molecule has 0 aromatic heterocycles. The van der Waals surface area contributed by atoms with Crippen molar-refractivity contribution in [3.05, 3.63) is 0 Å². The van der Waals surface area contributed by atoms with E-state index < -0.39 is 5.60 Å². The molecule has 1 unspecified atom stereocenters. The minimum atomic E-state index is -0.445. The summed E-state index contributed by atoms with van der Waals surface area (Å²) in [5, 5.41) is 9.91. The predicted molar refractivity (Wildman–Crippen MR) is 68.2 cm³/mol. The zero-order valence-electron chi connectivity index (χ0n) is 11.2. The maximum atomic E-state index is 9.91. The fourth-order valence-corrected chi connectivity index (χ4v) is 2.68. The highest BCUT2D eigenvalue weighted by atomic mass is 16.5. The maximum absolute atomic E-state index is 9.91. The zero-order chi connectivity index (χ0) is 12.3. The van der Waals surface area contributed by atoms with Crippen molar-refractivity contribution in [1.82, 2.24) is 9.80 Å². The molecule has 0 saturated carbocycles. The van der Waals surface area contributed by atoms with Crippen molar-refractivity contribution in [1.29, 1.82) is 0 Å². The summed E-state index contributed by atoms with van der Waals surface area (Å²) in [4.78, 5) is 4.88. The fraction of sp³-hybridized carbons (Fsp3) is 1.00. The van der Waals surface area contributed by atoms with Gasteiger partial charge in [-0.25, -0.2) is 0 Å². The van der Waals surface area contributed by atoms with Gasteiger partial charge < -0.3 is 14.7 Å². The first kappa shape index (κ1) is 13.3. The van der Waals surface area contributed by atoms with E-state index in [-0.39, 0.29) is 0 Å². The van der Waals surface area contributed by atoms with E-state index >= 15 is 0 Å². The van der Waals surface area contributed by atoms with Gasteiger partial charge in [0.2, 0.25) is 0 Å². The third kappa shape index (κ3) is 3.91. The van der Waals surface area contributed by atoms with Gasteiger partial charge in [0, 0.05) is 32.7 Å². The number of morpholine rings is 1. The number of nitrogens with zero attached hydrogens (tertiary/aromatic N) is 2. The molecule has 2 rings (SSSR count). The highest BCUT2D eigenvalue weighted by Crippen LogP contribution is 2.21. The Bertz CT molecular complexity index is 236. The highest BCUT2D eigenvalue weighted by molar-refractivity contribution is 4.83. The SMILES string of the molecule is CCN1CCOC(CN2CCC(C)(O)CC2)C1. The van der Waals surface area contributed by atoms with Crippen LogP contribution in [0, 0.1) is 0 Å². The smallest absolute Gasteiger partial charge is 0.0829 e. The normalized spacial score (nSPS) is 31.6. The van der Waals surface area contributed by atoms with Crippen LogP contribution in [0.3, 0.4) is 0 Å². The van der Waals surface area contributed by atoms with Crippen molar-refractivity contribution >= 4 is 0 Å². The molecule has 2 aliphatic heterocycles. The van der Waals surface area contributed by atoms with Gasteiger partial charge >= 0.3 is 0 Å². The number of aliphatic hydroxyl groups is 1. The second kappa shape index (κ2) is 5.65. The number of hydrogen-bond donors (Lipinski definition) is 1. The molecule has 100 valence electrons. The monoisotopic (exact) mass is 242 g/mol. The topological polar surface area (TPSA) is 35.9 Å². The number of likely N-dealkylation sites (N-methyl/N-ethyl adjacent to an activating group) is 1. The molecular formula is C13H26N2O2. The van der Waals surface area contributed by atoms with Crippen LogP contribution in [0.4, 0.5) is 0 Å². The van der Waals surface area contributed by atoms with Crippen molar-refractivity contribution in [2.24, 2.45) is 0 Å². The van der Waals surface area contributed by atoms with Crippen LogP contribution in [-0.4, -0.2) is 72.5 Å². The summed E-state index contributed by atoms with van der Waals surface area (Å²) >= 11 is 0. The lowest BCUT2D eigenvalue weighted by atomic mass is 9.94. The summed E-state index contributed by atoms with van der Waals surface area (Å²) in [5.41, 5.74) is -0.445. The summed E-state index contributed by atoms with van der Waals surface area (Å²) in [6.45, 7) is 11.3. The molecule has 0 aromatic rings. The largest absolute Gasteiger partial charge is 0.390 e. The molecule has 2 fully saturated rings. The highest BCUT2D eigenvalue weighted by Gasteiger charge is 2.29. The van der Waals surface area contributed by atoms with Crippen LogP contribution in [0.25, 0.3) is 0 Å². The first-order valence-corrected chi connectivity index (χ1v) is 6.88. The lowest BCUT2D eigenvalue weighted by Crippen LogP contribution is -2.50. The second-order valence-corrected chi connectivity index (χ2v) is 5.68. The Kier molecular flexibility index (Phi) is 4.42. The Morgan fingerprint density at radius 2 is 1.94 bits per heavy atom. The predicted octanol–water partition coefficient (Wildman–Crippen LogP) is 0.554. The summed E-state index contributed by atoms with van der Waals surface area (Å²) in [5.74, 6) is 0. The first-order chi connectivity index (χ1) is 8.09. The number of rotatable bonds is 3. The number of ether oxygens (including phenoxy) is 1. The van der Waals surface area contributed by atoms with Gasteiger partial charge in [0.1, 0.15) is 0 Å². The lowest BCUT2D eigenvalue weighted by Gasteiger charge is -2.39. The molecule has 2 heterocycles. The molecular weight excluding hydrogens is 216 g/mol. The van der Waals surface area contributed by atoms with E-state index in [1.54, 1.807) is 0 Å². The Balaban J connectivity index is 1.74. The Morgan fingerprint density at radius 3 is 2.59 bits per heavy atom. The number of piperidine rings is 1. The summed E-state index contributed by atoms with van der Waals surface area (Å²) in [7, 11) is 0. The molecule has 1 atom stereocenters. The summed E-state index contributed by atoms with van der Waals surface area (Å²) in [6.07, 6.45) is 2.13. The van der Waals surface area contributed by atoms with Crippen molar-refractivity contribution in [2.75, 3.05) is 45.9 Å². The van der Waals surface area contributed by atoms with Gasteiger partial charge in [0.15, 0.2) is 0 Å². The van der Waals surface area contributed by atoms with E-state index in [9.17, 15) is 5.11 Å². The molecule has 4 nitrogen and oxygen atoms in total. The molecule has 1 N–H and O–H groups in total. The molecule has 0 radical (unpaired) electrons. The molecule has 0 amide bonds. The average Bonchev–Trinajstić information content (AvgIpc) is 2.32. The molecule has 17 heavy (non-hydrogen) atoms. The Hall–Kier alpha value is -0.160. The molecule has 2 aliphatic rings. The third-order valence-corrected chi connectivity index (χ3v) is 4.07. The van der Waals surface area contributed by atoms with E-state index in [1.807, 2.05) is 6.92 Å². The summed E-state index contributed by atoms with van der Waals surface area (Å²) in [6, 6.07) is 0. The minimum Gasteiger partial charge on any atom is -0.390 e. The van der Waals surface area contributed by atoms with Crippen molar-refractivity contribution in [3.63, 3.8) is 0 Å². The van der Waals surface area contributed by atoms with Gasteiger partial charge in [0.05, 0.1) is 18.3 Å². The van der Waals surface area contributed by atoms with E-state index in [0.29, 0.717) is 6.10 Å². The van der Waals surface area contributed by atoms with Crippen LogP contribution in [0.15, 0.2) is 0 Å². The van der Waals surface area contributed by atoms with Crippen LogP contribution in [0.1, 0.15) is 26.7 Å². The van der Waals surface area contributed by atoms with Gasteiger partial charge in [0.25, 0.3) is 0 Å². The Morgan fingerprint density at radius 1 is 1.24 bits per heavy atom. The Labute approximate surface area is 105 Å². The van der Waals surface area contributed by atoms with Crippen LogP contribution in [0.5, 0.6) is 0 Å².